The summed E-state index contributed by atoms with van der Waals surface area (Å²) in [7, 11) is 0. The molecule has 2 amide bonds. The lowest BCUT2D eigenvalue weighted by atomic mass is 10.0. The van der Waals surface area contributed by atoms with Gasteiger partial charge in [-0.1, -0.05) is 13.8 Å². The number of nitrogens with zero attached hydrogens (tertiary/aromatic N) is 1. The van der Waals surface area contributed by atoms with Crippen LogP contribution in [-0.4, -0.2) is 47.6 Å². The van der Waals surface area contributed by atoms with Crippen molar-refractivity contribution < 1.29 is 14.7 Å². The van der Waals surface area contributed by atoms with Gasteiger partial charge in [-0.15, -0.1) is 0 Å². The first kappa shape index (κ1) is 14.0. The SMILES string of the molecule is CC(C)C(CCO)NC(=O)CN1CCCC1=O. The molecule has 0 aromatic carbocycles. The predicted octanol–water partition coefficient (Wildman–Crippen LogP) is 0.132. The number of hydrogen-bond donors (Lipinski definition) is 2. The zero-order valence-electron chi connectivity index (χ0n) is 10.6. The van der Waals surface area contributed by atoms with E-state index < -0.39 is 0 Å². The van der Waals surface area contributed by atoms with E-state index in [0.29, 0.717) is 19.4 Å². The fourth-order valence-corrected chi connectivity index (χ4v) is 2.01. The monoisotopic (exact) mass is 242 g/mol. The topological polar surface area (TPSA) is 69.6 Å². The molecule has 0 aromatic heterocycles. The van der Waals surface area contributed by atoms with Crippen molar-refractivity contribution in [2.24, 2.45) is 5.92 Å². The third kappa shape index (κ3) is 4.34. The first-order chi connectivity index (χ1) is 8.04. The van der Waals surface area contributed by atoms with Crippen LogP contribution in [-0.2, 0) is 9.59 Å². The second-order valence-electron chi connectivity index (χ2n) is 4.85. The van der Waals surface area contributed by atoms with Crippen molar-refractivity contribution in [1.29, 1.82) is 0 Å². The Morgan fingerprint density at radius 1 is 1.53 bits per heavy atom. The third-order valence-electron chi connectivity index (χ3n) is 3.10. The van der Waals surface area contributed by atoms with E-state index in [9.17, 15) is 9.59 Å². The van der Waals surface area contributed by atoms with Crippen LogP contribution in [0.4, 0.5) is 0 Å². The van der Waals surface area contributed by atoms with Crippen molar-refractivity contribution in [2.45, 2.75) is 39.2 Å². The number of amides is 2. The largest absolute Gasteiger partial charge is 0.396 e. The Morgan fingerprint density at radius 3 is 2.71 bits per heavy atom. The van der Waals surface area contributed by atoms with Gasteiger partial charge in [0.05, 0.1) is 6.54 Å². The highest BCUT2D eigenvalue weighted by Crippen LogP contribution is 2.09. The average Bonchev–Trinajstić information content (AvgIpc) is 2.63. The number of aliphatic hydroxyl groups is 1. The van der Waals surface area contributed by atoms with Crippen molar-refractivity contribution in [3.05, 3.63) is 0 Å². The highest BCUT2D eigenvalue weighted by atomic mass is 16.3. The molecule has 1 heterocycles. The van der Waals surface area contributed by atoms with Crippen LogP contribution < -0.4 is 5.32 Å². The molecule has 0 aliphatic carbocycles. The lowest BCUT2D eigenvalue weighted by molar-refractivity contribution is -0.133. The Balaban J connectivity index is 2.39. The number of hydrogen-bond acceptors (Lipinski definition) is 3. The summed E-state index contributed by atoms with van der Waals surface area (Å²) in [5.41, 5.74) is 0. The van der Waals surface area contributed by atoms with E-state index in [1.54, 1.807) is 4.90 Å². The third-order valence-corrected chi connectivity index (χ3v) is 3.10. The van der Waals surface area contributed by atoms with Crippen LogP contribution >= 0.6 is 0 Å². The number of carbonyl (C=O) groups is 2. The Morgan fingerprint density at radius 2 is 2.24 bits per heavy atom. The summed E-state index contributed by atoms with van der Waals surface area (Å²) >= 11 is 0. The second kappa shape index (κ2) is 6.59. The van der Waals surface area contributed by atoms with Gasteiger partial charge in [-0.05, 0) is 18.8 Å². The van der Waals surface area contributed by atoms with Crippen LogP contribution in [0, 0.1) is 5.92 Å². The number of aliphatic hydroxyl groups excluding tert-OH is 1. The van der Waals surface area contributed by atoms with E-state index in [2.05, 4.69) is 5.32 Å². The number of nitrogens with one attached hydrogen (secondary N) is 1. The Labute approximate surface area is 102 Å². The minimum atomic E-state index is -0.132. The molecule has 1 saturated heterocycles. The van der Waals surface area contributed by atoms with Gasteiger partial charge < -0.3 is 15.3 Å². The standard InChI is InChI=1S/C12H22N2O3/c1-9(2)10(5-7-15)13-11(16)8-14-6-3-4-12(14)17/h9-10,15H,3-8H2,1-2H3,(H,13,16). The summed E-state index contributed by atoms with van der Waals surface area (Å²) in [6.45, 7) is 4.89. The fourth-order valence-electron chi connectivity index (χ4n) is 2.01. The fraction of sp³-hybridized carbons (Fsp3) is 0.833. The zero-order valence-corrected chi connectivity index (χ0v) is 10.6. The minimum Gasteiger partial charge on any atom is -0.396 e. The molecular weight excluding hydrogens is 220 g/mol. The molecule has 0 saturated carbocycles. The molecule has 5 nitrogen and oxygen atoms in total. The maximum atomic E-state index is 11.7. The lowest BCUT2D eigenvalue weighted by Crippen LogP contribution is -2.44. The molecule has 0 bridgehead atoms. The van der Waals surface area contributed by atoms with E-state index in [1.165, 1.54) is 0 Å². The molecule has 98 valence electrons. The molecule has 2 N–H and O–H groups in total. The molecular formula is C12H22N2O3. The van der Waals surface area contributed by atoms with Crippen LogP contribution in [0.1, 0.15) is 33.1 Å². The lowest BCUT2D eigenvalue weighted by Gasteiger charge is -2.23. The van der Waals surface area contributed by atoms with E-state index >= 15 is 0 Å². The van der Waals surface area contributed by atoms with E-state index in [-0.39, 0.29) is 36.9 Å². The van der Waals surface area contributed by atoms with Crippen molar-refractivity contribution in [3.8, 4) is 0 Å². The van der Waals surface area contributed by atoms with Crippen molar-refractivity contribution >= 4 is 11.8 Å². The molecule has 0 radical (unpaired) electrons. The molecule has 5 heteroatoms. The summed E-state index contributed by atoms with van der Waals surface area (Å²) in [4.78, 5) is 24.7. The smallest absolute Gasteiger partial charge is 0.239 e. The van der Waals surface area contributed by atoms with Gasteiger partial charge in [0.25, 0.3) is 0 Å². The first-order valence-electron chi connectivity index (χ1n) is 6.22. The molecule has 0 aromatic rings. The van der Waals surface area contributed by atoms with Gasteiger partial charge in [0, 0.05) is 25.6 Å². The molecule has 1 atom stereocenters. The van der Waals surface area contributed by atoms with Crippen LogP contribution in [0.15, 0.2) is 0 Å². The Bertz CT molecular complexity index is 279. The van der Waals surface area contributed by atoms with E-state index in [4.69, 9.17) is 5.11 Å². The first-order valence-corrected chi connectivity index (χ1v) is 6.22. The summed E-state index contributed by atoms with van der Waals surface area (Å²) < 4.78 is 0. The van der Waals surface area contributed by atoms with Crippen LogP contribution in [0.3, 0.4) is 0 Å². The highest BCUT2D eigenvalue weighted by Gasteiger charge is 2.23. The molecule has 0 spiro atoms. The Hall–Kier alpha value is -1.10. The summed E-state index contributed by atoms with van der Waals surface area (Å²) in [5, 5.41) is 11.8. The van der Waals surface area contributed by atoms with Crippen LogP contribution in [0.25, 0.3) is 0 Å². The van der Waals surface area contributed by atoms with Crippen molar-refractivity contribution in [1.82, 2.24) is 10.2 Å². The minimum absolute atomic E-state index is 0.0230. The van der Waals surface area contributed by atoms with Crippen LogP contribution in [0.5, 0.6) is 0 Å². The van der Waals surface area contributed by atoms with Gasteiger partial charge in [-0.25, -0.2) is 0 Å². The van der Waals surface area contributed by atoms with E-state index in [0.717, 1.165) is 6.42 Å². The maximum Gasteiger partial charge on any atom is 0.239 e. The van der Waals surface area contributed by atoms with Gasteiger partial charge in [-0.3, -0.25) is 9.59 Å². The second-order valence-corrected chi connectivity index (χ2v) is 4.85. The van der Waals surface area contributed by atoms with Gasteiger partial charge >= 0.3 is 0 Å². The average molecular weight is 242 g/mol. The normalized spacial score (nSPS) is 17.6. The van der Waals surface area contributed by atoms with Gasteiger partial charge in [0.15, 0.2) is 0 Å². The van der Waals surface area contributed by atoms with Crippen molar-refractivity contribution in [2.75, 3.05) is 19.7 Å². The number of likely N-dealkylation sites (tertiary alicyclic amines) is 1. The number of rotatable bonds is 6. The van der Waals surface area contributed by atoms with Crippen LogP contribution in [0.2, 0.25) is 0 Å². The van der Waals surface area contributed by atoms with Crippen molar-refractivity contribution in [3.63, 3.8) is 0 Å². The summed E-state index contributed by atoms with van der Waals surface area (Å²) in [6.07, 6.45) is 1.95. The zero-order chi connectivity index (χ0) is 12.8. The molecule has 17 heavy (non-hydrogen) atoms. The number of carbonyl (C=O) groups excluding carboxylic acids is 2. The highest BCUT2D eigenvalue weighted by molar-refractivity contribution is 5.85. The maximum absolute atomic E-state index is 11.7. The molecule has 1 fully saturated rings. The van der Waals surface area contributed by atoms with E-state index in [1.807, 2.05) is 13.8 Å². The van der Waals surface area contributed by atoms with Gasteiger partial charge in [0.2, 0.25) is 11.8 Å². The summed E-state index contributed by atoms with van der Waals surface area (Å²) in [6, 6.07) is -0.0230. The Kier molecular flexibility index (Phi) is 5.41. The predicted molar refractivity (Wildman–Crippen MR) is 64.3 cm³/mol. The molecule has 1 unspecified atom stereocenters. The molecule has 1 rings (SSSR count). The molecule has 1 aliphatic rings. The quantitative estimate of drug-likeness (QED) is 0.695. The van der Waals surface area contributed by atoms with Gasteiger partial charge in [0.1, 0.15) is 0 Å². The molecule has 1 aliphatic heterocycles. The van der Waals surface area contributed by atoms with Gasteiger partial charge in [-0.2, -0.15) is 0 Å². The summed E-state index contributed by atoms with van der Waals surface area (Å²) in [5.74, 6) is 0.205.